The van der Waals surface area contributed by atoms with Gasteiger partial charge in [0.1, 0.15) is 11.4 Å². The van der Waals surface area contributed by atoms with Crippen LogP contribution in [-0.2, 0) is 4.74 Å². The number of aliphatic hydroxyl groups is 1. The molecule has 0 aliphatic heterocycles. The molecule has 1 rings (SSSR count). The predicted octanol–water partition coefficient (Wildman–Crippen LogP) is 6.58. The van der Waals surface area contributed by atoms with Crippen LogP contribution in [0.2, 0.25) is 0 Å². The van der Waals surface area contributed by atoms with E-state index in [1.54, 1.807) is 12.2 Å². The van der Waals surface area contributed by atoms with Gasteiger partial charge in [-0.1, -0.05) is 103 Å². The zero-order valence-corrected chi connectivity index (χ0v) is 17.3. The summed E-state index contributed by atoms with van der Waals surface area (Å²) in [5, 5.41) is 9.74. The molecule has 0 heterocycles. The van der Waals surface area contributed by atoms with Crippen LogP contribution in [0.5, 0.6) is 0 Å². The number of hydrogen-bond acceptors (Lipinski definition) is 3. The first-order chi connectivity index (χ1) is 12.6. The SMILES string of the molecule is CCCCCCCCCCCCCCCCOC1(C)C=CC(N)C(O)=C1. The molecule has 26 heavy (non-hydrogen) atoms. The Morgan fingerprint density at radius 3 is 1.81 bits per heavy atom. The van der Waals surface area contributed by atoms with E-state index in [9.17, 15) is 5.11 Å². The van der Waals surface area contributed by atoms with Crippen molar-refractivity contribution in [1.29, 1.82) is 0 Å². The first-order valence-electron chi connectivity index (χ1n) is 11.1. The van der Waals surface area contributed by atoms with E-state index in [0.717, 1.165) is 13.0 Å². The van der Waals surface area contributed by atoms with Crippen molar-refractivity contribution in [3.63, 3.8) is 0 Å². The highest BCUT2D eigenvalue weighted by Gasteiger charge is 2.25. The molecule has 3 nitrogen and oxygen atoms in total. The molecule has 0 amide bonds. The van der Waals surface area contributed by atoms with Crippen molar-refractivity contribution in [2.24, 2.45) is 5.73 Å². The number of nitrogens with two attached hydrogens (primary N) is 1. The van der Waals surface area contributed by atoms with E-state index in [0.29, 0.717) is 0 Å². The summed E-state index contributed by atoms with van der Waals surface area (Å²) in [7, 11) is 0. The first-order valence-corrected chi connectivity index (χ1v) is 11.1. The third kappa shape index (κ3) is 11.0. The third-order valence-electron chi connectivity index (χ3n) is 5.32. The van der Waals surface area contributed by atoms with Crippen molar-refractivity contribution in [2.75, 3.05) is 6.61 Å². The van der Waals surface area contributed by atoms with Crippen LogP contribution < -0.4 is 5.73 Å². The quantitative estimate of drug-likeness (QED) is 0.240. The second kappa shape index (κ2) is 14.3. The summed E-state index contributed by atoms with van der Waals surface area (Å²) in [5.41, 5.74) is 5.22. The average molecular weight is 366 g/mol. The van der Waals surface area contributed by atoms with Crippen LogP contribution in [-0.4, -0.2) is 23.4 Å². The number of hydrogen-bond donors (Lipinski definition) is 2. The smallest absolute Gasteiger partial charge is 0.112 e. The minimum Gasteiger partial charge on any atom is -0.511 e. The summed E-state index contributed by atoms with van der Waals surface area (Å²) < 4.78 is 5.92. The van der Waals surface area contributed by atoms with Gasteiger partial charge in [-0.25, -0.2) is 0 Å². The van der Waals surface area contributed by atoms with E-state index >= 15 is 0 Å². The molecule has 0 bridgehead atoms. The zero-order valence-electron chi connectivity index (χ0n) is 17.3. The van der Waals surface area contributed by atoms with E-state index in [4.69, 9.17) is 10.5 Å². The number of ether oxygens (including phenoxy) is 1. The second-order valence-corrected chi connectivity index (χ2v) is 8.08. The number of aliphatic hydroxyl groups excluding tert-OH is 1. The summed E-state index contributed by atoms with van der Waals surface area (Å²) in [4.78, 5) is 0. The Bertz CT molecular complexity index is 405. The van der Waals surface area contributed by atoms with Gasteiger partial charge in [-0.05, 0) is 19.4 Å². The van der Waals surface area contributed by atoms with Crippen LogP contribution in [0.4, 0.5) is 0 Å². The Balaban J connectivity index is 1.85. The largest absolute Gasteiger partial charge is 0.511 e. The summed E-state index contributed by atoms with van der Waals surface area (Å²) in [5.74, 6) is 0.205. The summed E-state index contributed by atoms with van der Waals surface area (Å²) in [6.45, 7) is 4.98. The lowest BCUT2D eigenvalue weighted by atomic mass is 9.96. The van der Waals surface area contributed by atoms with Crippen molar-refractivity contribution in [1.82, 2.24) is 0 Å². The molecule has 0 spiro atoms. The molecule has 0 saturated carbocycles. The Hall–Kier alpha value is -0.800. The fourth-order valence-electron chi connectivity index (χ4n) is 3.51. The van der Waals surface area contributed by atoms with E-state index in [1.165, 1.54) is 83.5 Å². The van der Waals surface area contributed by atoms with Gasteiger partial charge in [-0.3, -0.25) is 0 Å². The molecule has 1 aliphatic rings. The van der Waals surface area contributed by atoms with Crippen molar-refractivity contribution in [2.45, 2.75) is 115 Å². The van der Waals surface area contributed by atoms with E-state index in [2.05, 4.69) is 6.92 Å². The zero-order chi connectivity index (χ0) is 19.1. The summed E-state index contributed by atoms with van der Waals surface area (Å²) in [6.07, 6.45) is 24.6. The minimum atomic E-state index is -0.503. The van der Waals surface area contributed by atoms with E-state index in [-0.39, 0.29) is 11.8 Å². The highest BCUT2D eigenvalue weighted by molar-refractivity contribution is 5.27. The van der Waals surface area contributed by atoms with E-state index in [1.807, 2.05) is 13.0 Å². The molecule has 0 aromatic carbocycles. The molecular formula is C23H43NO2. The maximum Gasteiger partial charge on any atom is 0.112 e. The lowest BCUT2D eigenvalue weighted by molar-refractivity contribution is 0.0342. The standard InChI is InChI=1S/C23H43NO2/c1-3-4-5-6-7-8-9-10-11-12-13-14-15-16-19-26-23(2)18-17-21(24)22(25)20-23/h17-18,20-21,25H,3-16,19,24H2,1-2H3. The van der Waals surface area contributed by atoms with Gasteiger partial charge in [0.25, 0.3) is 0 Å². The molecule has 2 unspecified atom stereocenters. The van der Waals surface area contributed by atoms with Crippen molar-refractivity contribution >= 4 is 0 Å². The second-order valence-electron chi connectivity index (χ2n) is 8.08. The molecule has 3 heteroatoms. The van der Waals surface area contributed by atoms with Gasteiger partial charge >= 0.3 is 0 Å². The van der Waals surface area contributed by atoms with Crippen LogP contribution in [0.25, 0.3) is 0 Å². The predicted molar refractivity (Wildman–Crippen MR) is 112 cm³/mol. The number of rotatable bonds is 16. The highest BCUT2D eigenvalue weighted by atomic mass is 16.5. The van der Waals surface area contributed by atoms with Gasteiger partial charge in [0.2, 0.25) is 0 Å². The van der Waals surface area contributed by atoms with Crippen LogP contribution in [0.3, 0.4) is 0 Å². The van der Waals surface area contributed by atoms with Crippen molar-refractivity contribution in [3.05, 3.63) is 24.0 Å². The van der Waals surface area contributed by atoms with Gasteiger partial charge in [0.15, 0.2) is 0 Å². The molecule has 0 aromatic heterocycles. The highest BCUT2D eigenvalue weighted by Crippen LogP contribution is 2.22. The normalized spacial score (nSPS) is 22.6. The molecule has 0 saturated heterocycles. The minimum absolute atomic E-state index is 0.205. The molecule has 0 aromatic rings. The maximum absolute atomic E-state index is 9.74. The van der Waals surface area contributed by atoms with Gasteiger partial charge in [-0.2, -0.15) is 0 Å². The lowest BCUT2D eigenvalue weighted by Gasteiger charge is -2.27. The molecular weight excluding hydrogens is 322 g/mol. The molecule has 152 valence electrons. The van der Waals surface area contributed by atoms with Crippen molar-refractivity contribution < 1.29 is 9.84 Å². The van der Waals surface area contributed by atoms with Crippen LogP contribution >= 0.6 is 0 Å². The Kier molecular flexibility index (Phi) is 12.8. The van der Waals surface area contributed by atoms with Gasteiger partial charge in [0, 0.05) is 6.61 Å². The summed E-state index contributed by atoms with van der Waals surface area (Å²) in [6, 6.07) is -0.382. The third-order valence-corrected chi connectivity index (χ3v) is 5.32. The average Bonchev–Trinajstić information content (AvgIpc) is 2.62. The molecule has 3 N–H and O–H groups in total. The molecule has 0 radical (unpaired) electrons. The van der Waals surface area contributed by atoms with Gasteiger partial charge < -0.3 is 15.6 Å². The Labute approximate surface area is 162 Å². The topological polar surface area (TPSA) is 55.5 Å². The van der Waals surface area contributed by atoms with Crippen LogP contribution in [0, 0.1) is 0 Å². The monoisotopic (exact) mass is 365 g/mol. The fraction of sp³-hybridized carbons (Fsp3) is 0.826. The van der Waals surface area contributed by atoms with Crippen molar-refractivity contribution in [3.8, 4) is 0 Å². The van der Waals surface area contributed by atoms with Gasteiger partial charge in [0.05, 0.1) is 6.04 Å². The molecule has 0 fully saturated rings. The fourth-order valence-corrected chi connectivity index (χ4v) is 3.51. The van der Waals surface area contributed by atoms with E-state index < -0.39 is 5.60 Å². The number of unbranched alkanes of at least 4 members (excludes halogenated alkanes) is 13. The Morgan fingerprint density at radius 2 is 1.35 bits per heavy atom. The molecule has 2 atom stereocenters. The maximum atomic E-state index is 9.74. The molecule has 1 aliphatic carbocycles. The summed E-state index contributed by atoms with van der Waals surface area (Å²) >= 11 is 0. The van der Waals surface area contributed by atoms with Crippen LogP contribution in [0.15, 0.2) is 24.0 Å². The lowest BCUT2D eigenvalue weighted by Crippen LogP contribution is -2.33. The van der Waals surface area contributed by atoms with Gasteiger partial charge in [-0.15, -0.1) is 0 Å². The van der Waals surface area contributed by atoms with Crippen LogP contribution in [0.1, 0.15) is 104 Å². The first kappa shape index (κ1) is 23.2. The Morgan fingerprint density at radius 1 is 0.885 bits per heavy atom.